The van der Waals surface area contributed by atoms with E-state index in [1.165, 1.54) is 4.46 Å². The van der Waals surface area contributed by atoms with Gasteiger partial charge in [-0.25, -0.2) is 0 Å². The van der Waals surface area contributed by atoms with Crippen LogP contribution < -0.4 is 18.4 Å². The van der Waals surface area contributed by atoms with Crippen LogP contribution in [-0.4, -0.2) is 29.2 Å². The van der Waals surface area contributed by atoms with E-state index in [0.29, 0.717) is 0 Å². The topological polar surface area (TPSA) is 18.5 Å². The maximum atomic E-state index is 5.89. The molecule has 2 aromatic rings. The molecule has 0 fully saturated rings. The molecule has 0 saturated carbocycles. The van der Waals surface area contributed by atoms with E-state index in [2.05, 4.69) is 0 Å². The molecule has 0 aliphatic heterocycles. The molecule has 2 rings (SSSR count). The van der Waals surface area contributed by atoms with Crippen LogP contribution in [0.25, 0.3) is 0 Å². The summed E-state index contributed by atoms with van der Waals surface area (Å²) in [6.45, 7) is 0. The Bertz CT molecular complexity index is 504. The second kappa shape index (κ2) is 6.14. The Kier molecular flexibility index (Phi) is 4.53. The number of benzene rings is 2. The summed E-state index contributed by atoms with van der Waals surface area (Å²) in [5, 5.41) is 0.751. The van der Waals surface area contributed by atoms with Crippen molar-refractivity contribution in [1.29, 1.82) is 0 Å². The fourth-order valence-electron chi connectivity index (χ4n) is 1.54. The van der Waals surface area contributed by atoms with E-state index in [-0.39, 0.29) is 15.0 Å². The summed E-state index contributed by atoms with van der Waals surface area (Å²) in [5.41, 5.74) is 0. The van der Waals surface area contributed by atoms with Crippen molar-refractivity contribution in [2.75, 3.05) is 14.2 Å². The van der Waals surface area contributed by atoms with Gasteiger partial charge in [-0.1, -0.05) is 0 Å². The first-order chi connectivity index (χ1) is 8.74. The van der Waals surface area contributed by atoms with Gasteiger partial charge in [0.2, 0.25) is 0 Å². The Balaban J connectivity index is 2.35. The van der Waals surface area contributed by atoms with Gasteiger partial charge in [0.25, 0.3) is 0 Å². The number of rotatable bonds is 4. The average molecular weight is 328 g/mol. The van der Waals surface area contributed by atoms with Crippen molar-refractivity contribution in [3.05, 3.63) is 47.5 Å². The first-order valence-electron chi connectivity index (χ1n) is 5.39. The minimum atomic E-state index is 0.128. The fourth-order valence-corrected chi connectivity index (χ4v) is 3.79. The van der Waals surface area contributed by atoms with Gasteiger partial charge in [-0.15, -0.1) is 0 Å². The number of hydrogen-bond donors (Lipinski definition) is 0. The molecule has 0 aromatic heterocycles. The maximum absolute atomic E-state index is 5.89. The number of hydrogen-bond acceptors (Lipinski definition) is 2. The van der Waals surface area contributed by atoms with Gasteiger partial charge in [-0.05, 0) is 0 Å². The first-order valence-corrected chi connectivity index (χ1v) is 7.48. The van der Waals surface area contributed by atoms with E-state index >= 15 is 0 Å². The van der Waals surface area contributed by atoms with Gasteiger partial charge in [0, 0.05) is 0 Å². The van der Waals surface area contributed by atoms with Gasteiger partial charge in [0.1, 0.15) is 0 Å². The Morgan fingerprint density at radius 3 is 1.94 bits per heavy atom. The molecule has 0 aliphatic rings. The number of ether oxygens (including phenoxy) is 2. The van der Waals surface area contributed by atoms with Crippen molar-refractivity contribution >= 4 is 35.5 Å². The molecule has 94 valence electrons. The summed E-state index contributed by atoms with van der Waals surface area (Å²) < 4.78 is 13.1. The van der Waals surface area contributed by atoms with Gasteiger partial charge in [-0.3, -0.25) is 0 Å². The van der Waals surface area contributed by atoms with Crippen molar-refractivity contribution < 1.29 is 9.47 Å². The predicted octanol–water partition coefficient (Wildman–Crippen LogP) is 2.01. The summed E-state index contributed by atoms with van der Waals surface area (Å²) >= 11 is 6.02. The van der Waals surface area contributed by atoms with Gasteiger partial charge < -0.3 is 0 Å². The Morgan fingerprint density at radius 2 is 1.44 bits per heavy atom. The zero-order valence-electron chi connectivity index (χ0n) is 10.1. The van der Waals surface area contributed by atoms with Crippen LogP contribution in [-0.2, 0) is 0 Å². The van der Waals surface area contributed by atoms with E-state index < -0.39 is 0 Å². The molecule has 0 amide bonds. The molecule has 0 saturated heterocycles. The minimum absolute atomic E-state index is 0.128. The fraction of sp³-hybridized carbons (Fsp3) is 0.143. The van der Waals surface area contributed by atoms with Crippen molar-refractivity contribution in [2.24, 2.45) is 0 Å². The van der Waals surface area contributed by atoms with Crippen LogP contribution in [0.4, 0.5) is 0 Å². The van der Waals surface area contributed by atoms with Crippen LogP contribution in [0, 0.1) is 0 Å². The Morgan fingerprint density at radius 1 is 0.889 bits per heavy atom. The van der Waals surface area contributed by atoms with Crippen molar-refractivity contribution in [3.8, 4) is 11.5 Å². The predicted molar refractivity (Wildman–Crippen MR) is 76.0 cm³/mol. The average Bonchev–Trinajstić information content (AvgIpc) is 2.41. The van der Waals surface area contributed by atoms with Gasteiger partial charge >= 0.3 is 118 Å². The van der Waals surface area contributed by atoms with Gasteiger partial charge in [0.15, 0.2) is 0 Å². The van der Waals surface area contributed by atoms with Crippen molar-refractivity contribution in [2.45, 2.75) is 0 Å². The van der Waals surface area contributed by atoms with Crippen LogP contribution in [0.2, 0.25) is 5.02 Å². The number of methoxy groups -OCH3 is 2. The molecule has 0 spiro atoms. The van der Waals surface area contributed by atoms with Crippen molar-refractivity contribution in [1.82, 2.24) is 0 Å². The van der Waals surface area contributed by atoms with Crippen LogP contribution >= 0.6 is 11.6 Å². The van der Waals surface area contributed by atoms with Crippen LogP contribution in [0.3, 0.4) is 0 Å². The second-order valence-corrected chi connectivity index (χ2v) is 6.26. The SMILES string of the molecule is COc1cccc(OC)c1[Se]c1ccc(Cl)cc1. The van der Waals surface area contributed by atoms with E-state index in [0.717, 1.165) is 21.0 Å². The standard InChI is InChI=1S/C14H13ClO2Se/c1-16-12-4-3-5-13(17-2)14(12)18-11-8-6-10(15)7-9-11/h3-9H,1-2H3. The third-order valence-electron chi connectivity index (χ3n) is 2.42. The zero-order chi connectivity index (χ0) is 13.0. The van der Waals surface area contributed by atoms with Crippen LogP contribution in [0.15, 0.2) is 42.5 Å². The number of halogens is 1. The summed E-state index contributed by atoms with van der Waals surface area (Å²) in [7, 11) is 3.35. The summed E-state index contributed by atoms with van der Waals surface area (Å²) in [5.74, 6) is 1.73. The quantitative estimate of drug-likeness (QED) is 0.800. The van der Waals surface area contributed by atoms with E-state index in [1.54, 1.807) is 14.2 Å². The van der Waals surface area contributed by atoms with Crippen LogP contribution in [0.5, 0.6) is 11.5 Å². The Labute approximate surface area is 118 Å². The molecular weight excluding hydrogens is 315 g/mol. The molecule has 18 heavy (non-hydrogen) atoms. The van der Waals surface area contributed by atoms with Crippen LogP contribution in [0.1, 0.15) is 0 Å². The van der Waals surface area contributed by atoms with E-state index in [4.69, 9.17) is 21.1 Å². The normalized spacial score (nSPS) is 10.2. The summed E-state index contributed by atoms with van der Waals surface area (Å²) in [4.78, 5) is 0. The third-order valence-corrected chi connectivity index (χ3v) is 5.01. The molecular formula is C14H13ClO2Se. The Hall–Kier alpha value is -1.15. The molecule has 0 unspecified atom stereocenters. The molecule has 4 heteroatoms. The molecule has 0 radical (unpaired) electrons. The second-order valence-electron chi connectivity index (χ2n) is 3.55. The monoisotopic (exact) mass is 328 g/mol. The molecule has 0 aliphatic carbocycles. The van der Waals surface area contributed by atoms with E-state index in [1.807, 2.05) is 42.5 Å². The molecule has 0 N–H and O–H groups in total. The zero-order valence-corrected chi connectivity index (χ0v) is 12.6. The molecule has 2 aromatic carbocycles. The van der Waals surface area contributed by atoms with E-state index in [9.17, 15) is 0 Å². The molecule has 2 nitrogen and oxygen atoms in total. The molecule has 0 atom stereocenters. The summed E-state index contributed by atoms with van der Waals surface area (Å²) in [6, 6.07) is 13.7. The molecule has 0 heterocycles. The summed E-state index contributed by atoms with van der Waals surface area (Å²) in [6.07, 6.45) is 0. The van der Waals surface area contributed by atoms with Gasteiger partial charge in [0.05, 0.1) is 0 Å². The molecule has 0 bridgehead atoms. The third kappa shape index (κ3) is 2.99. The van der Waals surface area contributed by atoms with Gasteiger partial charge in [-0.2, -0.15) is 0 Å². The first kappa shape index (κ1) is 13.3. The van der Waals surface area contributed by atoms with Crippen molar-refractivity contribution in [3.63, 3.8) is 0 Å².